The fourth-order valence-electron chi connectivity index (χ4n) is 1.94. The molecule has 21 heavy (non-hydrogen) atoms. The number of carbonyl (C=O) groups excluding carboxylic acids is 1. The quantitative estimate of drug-likeness (QED) is 0.626. The van der Waals surface area contributed by atoms with E-state index in [1.165, 1.54) is 7.11 Å². The van der Waals surface area contributed by atoms with Crippen LogP contribution in [0.1, 0.15) is 22.8 Å². The maximum absolute atomic E-state index is 12.5. The van der Waals surface area contributed by atoms with Crippen molar-refractivity contribution in [1.82, 2.24) is 4.98 Å². The molecule has 1 aromatic heterocycles. The van der Waals surface area contributed by atoms with Crippen LogP contribution >= 0.6 is 0 Å². The van der Waals surface area contributed by atoms with Crippen molar-refractivity contribution < 1.29 is 9.63 Å². The molecule has 0 saturated heterocycles. The van der Waals surface area contributed by atoms with E-state index in [1.807, 2.05) is 31.2 Å². The molecule has 0 spiro atoms. The van der Waals surface area contributed by atoms with Crippen molar-refractivity contribution >= 4 is 17.8 Å². The molecule has 0 saturated carbocycles. The molecule has 1 amide bonds. The number of hydrogen-bond donors (Lipinski definition) is 0. The summed E-state index contributed by atoms with van der Waals surface area (Å²) in [4.78, 5) is 22.9. The van der Waals surface area contributed by atoms with Gasteiger partial charge in [-0.25, -0.2) is 0 Å². The average molecular weight is 283 g/mol. The predicted octanol–water partition coefficient (Wildman–Crippen LogP) is 2.73. The molecule has 0 aliphatic carbocycles. The fourth-order valence-corrected chi connectivity index (χ4v) is 1.94. The third kappa shape index (κ3) is 3.66. The lowest BCUT2D eigenvalue weighted by atomic mass is 10.1. The lowest BCUT2D eigenvalue weighted by molar-refractivity contribution is 0.0988. The number of anilines is 1. The molecule has 0 bridgehead atoms. The second-order valence-corrected chi connectivity index (χ2v) is 4.30. The molecule has 0 atom stereocenters. The molecule has 5 heteroatoms. The van der Waals surface area contributed by atoms with Crippen LogP contribution in [-0.4, -0.2) is 30.8 Å². The molecule has 0 aliphatic heterocycles. The van der Waals surface area contributed by atoms with Crippen LogP contribution in [-0.2, 0) is 4.84 Å². The summed E-state index contributed by atoms with van der Waals surface area (Å²) in [5.74, 6) is -0.0549. The molecule has 5 nitrogen and oxygen atoms in total. The molecule has 0 fully saturated rings. The first-order valence-corrected chi connectivity index (χ1v) is 6.64. The van der Waals surface area contributed by atoms with Crippen molar-refractivity contribution in [3.63, 3.8) is 0 Å². The Morgan fingerprint density at radius 2 is 2.10 bits per heavy atom. The standard InChI is InChI=1S/C16H17N3O2/c1-3-19(15-5-4-10-17-12-15)16(20)14-8-6-13(7-9-14)11-18-21-2/h4-12H,3H2,1-2H3/b18-11+. The van der Waals surface area contributed by atoms with Crippen molar-refractivity contribution in [2.75, 3.05) is 18.6 Å². The molecular weight excluding hydrogens is 266 g/mol. The van der Waals surface area contributed by atoms with Gasteiger partial charge in [0.1, 0.15) is 7.11 Å². The fraction of sp³-hybridized carbons (Fsp3) is 0.188. The number of benzene rings is 1. The zero-order valence-corrected chi connectivity index (χ0v) is 12.1. The molecule has 2 rings (SSSR count). The first-order chi connectivity index (χ1) is 10.3. The van der Waals surface area contributed by atoms with Gasteiger partial charge >= 0.3 is 0 Å². The summed E-state index contributed by atoms with van der Waals surface area (Å²) in [5.41, 5.74) is 2.28. The molecule has 108 valence electrons. The third-order valence-corrected chi connectivity index (χ3v) is 2.98. The van der Waals surface area contributed by atoms with Gasteiger partial charge in [0.25, 0.3) is 5.91 Å². The van der Waals surface area contributed by atoms with E-state index in [9.17, 15) is 4.79 Å². The minimum Gasteiger partial charge on any atom is -0.399 e. The highest BCUT2D eigenvalue weighted by atomic mass is 16.6. The van der Waals surface area contributed by atoms with Crippen molar-refractivity contribution in [2.24, 2.45) is 5.16 Å². The average Bonchev–Trinajstić information content (AvgIpc) is 2.55. The van der Waals surface area contributed by atoms with Gasteiger partial charge in [-0.05, 0) is 36.8 Å². The summed E-state index contributed by atoms with van der Waals surface area (Å²) in [6.07, 6.45) is 4.96. The summed E-state index contributed by atoms with van der Waals surface area (Å²) >= 11 is 0. The molecular formula is C16H17N3O2. The maximum Gasteiger partial charge on any atom is 0.258 e. The summed E-state index contributed by atoms with van der Waals surface area (Å²) in [7, 11) is 1.49. The van der Waals surface area contributed by atoms with Crippen LogP contribution in [0.5, 0.6) is 0 Å². The highest BCUT2D eigenvalue weighted by molar-refractivity contribution is 6.06. The van der Waals surface area contributed by atoms with Crippen LogP contribution in [0.15, 0.2) is 53.9 Å². The summed E-state index contributed by atoms with van der Waals surface area (Å²) in [6.45, 7) is 2.52. The van der Waals surface area contributed by atoms with Gasteiger partial charge in [-0.2, -0.15) is 0 Å². The normalized spacial score (nSPS) is 10.6. The summed E-state index contributed by atoms with van der Waals surface area (Å²) in [6, 6.07) is 10.9. The Hall–Kier alpha value is -2.69. The predicted molar refractivity (Wildman–Crippen MR) is 82.6 cm³/mol. The van der Waals surface area contributed by atoms with Gasteiger partial charge in [0.15, 0.2) is 0 Å². The number of rotatable bonds is 5. The third-order valence-electron chi connectivity index (χ3n) is 2.98. The number of amides is 1. The SMILES string of the molecule is CCN(C(=O)c1ccc(/C=N/OC)cc1)c1cccnc1. The van der Waals surface area contributed by atoms with Crippen LogP contribution < -0.4 is 4.90 Å². The minimum absolute atomic E-state index is 0.0549. The molecule has 1 heterocycles. The van der Waals surface area contributed by atoms with E-state index in [4.69, 9.17) is 0 Å². The van der Waals surface area contributed by atoms with Gasteiger partial charge in [-0.15, -0.1) is 0 Å². The van der Waals surface area contributed by atoms with Gasteiger partial charge < -0.3 is 9.74 Å². The second kappa shape index (κ2) is 7.19. The molecule has 2 aromatic rings. The van der Waals surface area contributed by atoms with E-state index in [1.54, 1.807) is 35.6 Å². The highest BCUT2D eigenvalue weighted by Crippen LogP contribution is 2.15. The zero-order valence-electron chi connectivity index (χ0n) is 12.1. The Balaban J connectivity index is 2.20. The lowest BCUT2D eigenvalue weighted by Crippen LogP contribution is -2.30. The van der Waals surface area contributed by atoms with E-state index in [-0.39, 0.29) is 5.91 Å². The van der Waals surface area contributed by atoms with E-state index < -0.39 is 0 Å². The highest BCUT2D eigenvalue weighted by Gasteiger charge is 2.15. The van der Waals surface area contributed by atoms with E-state index in [2.05, 4.69) is 15.0 Å². The lowest BCUT2D eigenvalue weighted by Gasteiger charge is -2.20. The van der Waals surface area contributed by atoms with Crippen LogP contribution in [0.25, 0.3) is 0 Å². The minimum atomic E-state index is -0.0549. The Labute approximate surface area is 123 Å². The number of oxime groups is 1. The summed E-state index contributed by atoms with van der Waals surface area (Å²) < 4.78 is 0. The maximum atomic E-state index is 12.5. The molecule has 0 N–H and O–H groups in total. The molecule has 0 aliphatic rings. The number of hydrogen-bond acceptors (Lipinski definition) is 4. The van der Waals surface area contributed by atoms with Crippen LogP contribution in [0.2, 0.25) is 0 Å². The van der Waals surface area contributed by atoms with E-state index in [0.717, 1.165) is 11.3 Å². The largest absolute Gasteiger partial charge is 0.399 e. The number of aromatic nitrogens is 1. The van der Waals surface area contributed by atoms with Crippen LogP contribution in [0.4, 0.5) is 5.69 Å². The van der Waals surface area contributed by atoms with Gasteiger partial charge in [0, 0.05) is 18.3 Å². The Morgan fingerprint density at radius 3 is 2.67 bits per heavy atom. The first-order valence-electron chi connectivity index (χ1n) is 6.64. The molecule has 0 unspecified atom stereocenters. The topological polar surface area (TPSA) is 54.8 Å². The van der Waals surface area contributed by atoms with E-state index >= 15 is 0 Å². The van der Waals surface area contributed by atoms with Crippen LogP contribution in [0.3, 0.4) is 0 Å². The Morgan fingerprint density at radius 1 is 1.33 bits per heavy atom. The monoisotopic (exact) mass is 283 g/mol. The number of nitrogens with zero attached hydrogens (tertiary/aromatic N) is 3. The molecule has 0 radical (unpaired) electrons. The van der Waals surface area contributed by atoms with Gasteiger partial charge in [0.2, 0.25) is 0 Å². The number of pyridine rings is 1. The Bertz CT molecular complexity index is 609. The second-order valence-electron chi connectivity index (χ2n) is 4.30. The smallest absolute Gasteiger partial charge is 0.258 e. The van der Waals surface area contributed by atoms with Gasteiger partial charge in [-0.3, -0.25) is 9.78 Å². The van der Waals surface area contributed by atoms with E-state index in [0.29, 0.717) is 12.1 Å². The molecule has 1 aromatic carbocycles. The van der Waals surface area contributed by atoms with Crippen molar-refractivity contribution in [3.8, 4) is 0 Å². The van der Waals surface area contributed by atoms with Crippen LogP contribution in [0, 0.1) is 0 Å². The van der Waals surface area contributed by atoms with Gasteiger partial charge in [0.05, 0.1) is 18.1 Å². The first kappa shape index (κ1) is 14.7. The zero-order chi connectivity index (χ0) is 15.1. The van der Waals surface area contributed by atoms with Crippen molar-refractivity contribution in [2.45, 2.75) is 6.92 Å². The van der Waals surface area contributed by atoms with Crippen molar-refractivity contribution in [1.29, 1.82) is 0 Å². The summed E-state index contributed by atoms with van der Waals surface area (Å²) in [5, 5.41) is 3.69. The van der Waals surface area contributed by atoms with Crippen molar-refractivity contribution in [3.05, 3.63) is 59.9 Å². The Kier molecular flexibility index (Phi) is 5.04. The van der Waals surface area contributed by atoms with Gasteiger partial charge in [-0.1, -0.05) is 17.3 Å². The number of carbonyl (C=O) groups is 1.